The molecule has 62 valence electrons. The van der Waals surface area contributed by atoms with E-state index in [2.05, 4.69) is 15.5 Å². The highest BCUT2D eigenvalue weighted by atomic mass is 15.6. The molecule has 0 spiro atoms. The molecule has 0 aromatic carbocycles. The monoisotopic (exact) mass is 178 g/mol. The fourth-order valence-corrected chi connectivity index (χ4v) is 1.64. The first kappa shape index (κ1) is 9.87. The Balaban J connectivity index is 2.55. The van der Waals surface area contributed by atoms with E-state index in [1.54, 1.807) is 0 Å². The quantitative estimate of drug-likeness (QED) is 0.444. The van der Waals surface area contributed by atoms with E-state index < -0.39 is 10.6 Å². The molecule has 0 atom stereocenters. The molecule has 0 unspecified atom stereocenters. The van der Waals surface area contributed by atoms with Crippen molar-refractivity contribution in [1.29, 1.82) is 0 Å². The van der Waals surface area contributed by atoms with Gasteiger partial charge in [0.15, 0.2) is 0 Å². The van der Waals surface area contributed by atoms with Crippen LogP contribution in [0.3, 0.4) is 0 Å². The molecule has 1 aromatic heterocycles. The smallest absolute Gasteiger partial charge is 0.139 e. The lowest BCUT2D eigenvalue weighted by molar-refractivity contribution is 0.477. The van der Waals surface area contributed by atoms with Gasteiger partial charge in [0.2, 0.25) is 0 Å². The molecule has 4 nitrogen and oxygen atoms in total. The number of rotatable bonds is 0. The predicted octanol–water partition coefficient (Wildman–Crippen LogP) is -1.71. The number of hydrogen-bond donors (Lipinski definition) is 0. The fraction of sp³-hybridized carbons (Fsp3) is 0.833. The fourth-order valence-electron chi connectivity index (χ4n) is 1.64. The minimum atomic E-state index is -1.10. The average molecular weight is 177 g/mol. The Hall–Kier alpha value is -0.670. The first-order valence-electron chi connectivity index (χ1n) is 4.38. The lowest BCUT2D eigenvalue weighted by atomic mass is 9.52. The van der Waals surface area contributed by atoms with Gasteiger partial charge in [-0.05, 0) is 27.4 Å². The van der Waals surface area contributed by atoms with Crippen molar-refractivity contribution < 1.29 is 0 Å². The summed E-state index contributed by atoms with van der Waals surface area (Å²) in [6.45, 7) is 0. The molecule has 0 saturated heterocycles. The van der Waals surface area contributed by atoms with Crippen molar-refractivity contribution in [3.05, 3.63) is 5.82 Å². The van der Waals surface area contributed by atoms with Crippen molar-refractivity contribution >= 4 is 31.4 Å². The van der Waals surface area contributed by atoms with E-state index in [9.17, 15) is 0 Å². The molecule has 0 aliphatic carbocycles. The van der Waals surface area contributed by atoms with Crippen LogP contribution in [-0.4, -0.2) is 51.6 Å². The zero-order valence-corrected chi connectivity index (χ0v) is 7.72. The third-order valence-corrected chi connectivity index (χ3v) is 2.45. The van der Waals surface area contributed by atoms with Crippen molar-refractivity contribution in [2.24, 2.45) is 0 Å². The van der Waals surface area contributed by atoms with Crippen LogP contribution in [0.2, 0.25) is 0 Å². The average Bonchev–Trinajstić information content (AvgIpc) is 2.48. The SMILES string of the molecule is [B]C1([B])CCCC([B])([B])n2nnnc21. The van der Waals surface area contributed by atoms with Crippen LogP contribution in [0.4, 0.5) is 0 Å². The van der Waals surface area contributed by atoms with Gasteiger partial charge in [-0.1, -0.05) is 12.8 Å². The van der Waals surface area contributed by atoms with E-state index in [4.69, 9.17) is 31.4 Å². The molecule has 2 rings (SSSR count). The minimum absolute atomic E-state index is 0.333. The lowest BCUT2D eigenvalue weighted by Gasteiger charge is -2.26. The van der Waals surface area contributed by atoms with E-state index in [1.165, 1.54) is 4.68 Å². The van der Waals surface area contributed by atoms with Crippen molar-refractivity contribution in [3.8, 4) is 0 Å². The summed E-state index contributed by atoms with van der Waals surface area (Å²) in [6.07, 6.45) is 1.83. The van der Waals surface area contributed by atoms with Crippen LogP contribution in [0.1, 0.15) is 25.1 Å². The Morgan fingerprint density at radius 3 is 2.57 bits per heavy atom. The standard InChI is InChI=1S/C6H6B4N4/c7-5(8)2-1-3-6(9,10)14-4(5)11-12-13-14/h1-3H2. The largest absolute Gasteiger partial charge is 0.242 e. The molecule has 14 heavy (non-hydrogen) atoms. The van der Waals surface area contributed by atoms with Gasteiger partial charge in [0, 0.05) is 0 Å². The Morgan fingerprint density at radius 1 is 1.14 bits per heavy atom. The summed E-state index contributed by atoms with van der Waals surface area (Å²) in [5.74, 6) is 0.333. The van der Waals surface area contributed by atoms with Gasteiger partial charge >= 0.3 is 0 Å². The lowest BCUT2D eigenvalue weighted by Crippen LogP contribution is -2.39. The van der Waals surface area contributed by atoms with Gasteiger partial charge in [0.1, 0.15) is 5.82 Å². The van der Waals surface area contributed by atoms with Crippen LogP contribution in [0, 0.1) is 0 Å². The van der Waals surface area contributed by atoms with E-state index in [-0.39, 0.29) is 0 Å². The topological polar surface area (TPSA) is 43.6 Å². The Morgan fingerprint density at radius 2 is 1.86 bits per heavy atom. The third kappa shape index (κ3) is 1.41. The number of tetrazole rings is 1. The molecular weight excluding hydrogens is 171 g/mol. The van der Waals surface area contributed by atoms with Gasteiger partial charge in [0.05, 0.1) is 31.4 Å². The molecule has 1 aromatic rings. The Labute approximate surface area is 87.8 Å². The molecule has 0 N–H and O–H groups in total. The van der Waals surface area contributed by atoms with Crippen molar-refractivity contribution in [2.75, 3.05) is 0 Å². The predicted molar refractivity (Wildman–Crippen MR) is 54.3 cm³/mol. The zero-order chi connectivity index (χ0) is 10.4. The number of aromatic nitrogens is 4. The summed E-state index contributed by atoms with van der Waals surface area (Å²) in [6, 6.07) is 0. The highest BCUT2D eigenvalue weighted by Crippen LogP contribution is 2.30. The van der Waals surface area contributed by atoms with E-state index in [0.29, 0.717) is 18.7 Å². The second kappa shape index (κ2) is 2.91. The first-order valence-corrected chi connectivity index (χ1v) is 4.38. The maximum Gasteiger partial charge on any atom is 0.139 e. The van der Waals surface area contributed by atoms with Crippen LogP contribution in [-0.2, 0) is 10.6 Å². The van der Waals surface area contributed by atoms with Gasteiger partial charge in [-0.15, -0.1) is 5.10 Å². The van der Waals surface area contributed by atoms with Crippen LogP contribution >= 0.6 is 0 Å². The second-order valence-electron chi connectivity index (χ2n) is 3.80. The molecule has 0 amide bonds. The number of nitrogens with zero attached hydrogens (tertiary/aromatic N) is 4. The number of hydrogen-bond acceptors (Lipinski definition) is 3. The van der Waals surface area contributed by atoms with E-state index >= 15 is 0 Å². The second-order valence-corrected chi connectivity index (χ2v) is 3.80. The summed E-state index contributed by atoms with van der Waals surface area (Å²) >= 11 is 0. The zero-order valence-electron chi connectivity index (χ0n) is 7.72. The van der Waals surface area contributed by atoms with E-state index in [1.807, 2.05) is 0 Å². The summed E-state index contributed by atoms with van der Waals surface area (Å²) in [5.41, 5.74) is 0. The van der Waals surface area contributed by atoms with Crippen LogP contribution < -0.4 is 0 Å². The van der Waals surface area contributed by atoms with Crippen LogP contribution in [0.25, 0.3) is 0 Å². The summed E-state index contributed by atoms with van der Waals surface area (Å²) in [4.78, 5) is 0. The van der Waals surface area contributed by atoms with Gasteiger partial charge in [0.25, 0.3) is 0 Å². The molecule has 0 saturated carbocycles. The maximum absolute atomic E-state index is 5.86. The van der Waals surface area contributed by atoms with Gasteiger partial charge in [-0.25, -0.2) is 4.68 Å². The summed E-state index contributed by atoms with van der Waals surface area (Å²) in [5, 5.41) is 8.80. The summed E-state index contributed by atoms with van der Waals surface area (Å²) < 4.78 is 1.31. The van der Waals surface area contributed by atoms with Crippen molar-refractivity contribution in [3.63, 3.8) is 0 Å². The van der Waals surface area contributed by atoms with Crippen LogP contribution in [0.15, 0.2) is 0 Å². The third-order valence-electron chi connectivity index (χ3n) is 2.45. The molecule has 1 aliphatic rings. The molecular formula is C6H6B4N4. The highest BCUT2D eigenvalue weighted by Gasteiger charge is 2.35. The number of fused-ring (bicyclic) bond motifs is 1. The maximum atomic E-state index is 5.86. The Bertz CT molecular complexity index is 317. The van der Waals surface area contributed by atoms with Gasteiger partial charge in [-0.2, -0.15) is 0 Å². The molecule has 1 aliphatic heterocycles. The Kier molecular flexibility index (Phi) is 2.05. The molecule has 8 heteroatoms. The van der Waals surface area contributed by atoms with Gasteiger partial charge < -0.3 is 0 Å². The molecule has 2 heterocycles. The molecule has 0 fully saturated rings. The van der Waals surface area contributed by atoms with Crippen molar-refractivity contribution in [1.82, 2.24) is 20.2 Å². The minimum Gasteiger partial charge on any atom is -0.242 e. The van der Waals surface area contributed by atoms with Crippen LogP contribution in [0.5, 0.6) is 0 Å². The normalized spacial score (nSPS) is 23.7. The van der Waals surface area contributed by atoms with Crippen molar-refractivity contribution in [2.45, 2.75) is 29.8 Å². The first-order chi connectivity index (χ1) is 6.43. The highest BCUT2D eigenvalue weighted by molar-refractivity contribution is 6.40. The van der Waals surface area contributed by atoms with Gasteiger partial charge in [-0.3, -0.25) is 0 Å². The molecule has 8 radical (unpaired) electrons. The molecule has 0 bridgehead atoms. The summed E-state index contributed by atoms with van der Waals surface area (Å²) in [7, 11) is 23.4. The van der Waals surface area contributed by atoms with E-state index in [0.717, 1.165) is 6.42 Å².